The lowest BCUT2D eigenvalue weighted by Gasteiger charge is -2.33. The SMILES string of the molecule is CCC(=O)N[C@](Nc1nc2ccccc2s1)(C(=O)OC)C(F)(F)F. The first-order valence-electron chi connectivity index (χ1n) is 6.83. The molecule has 10 heteroatoms. The molecule has 0 aliphatic heterocycles. The Morgan fingerprint density at radius 2 is 1.96 bits per heavy atom. The topological polar surface area (TPSA) is 80.3 Å². The van der Waals surface area contributed by atoms with Gasteiger partial charge in [0.2, 0.25) is 5.91 Å². The fourth-order valence-electron chi connectivity index (χ4n) is 1.93. The summed E-state index contributed by atoms with van der Waals surface area (Å²) in [7, 11) is 0.807. The lowest BCUT2D eigenvalue weighted by molar-refractivity contribution is -0.206. The number of hydrogen-bond donors (Lipinski definition) is 2. The average molecular weight is 361 g/mol. The predicted molar refractivity (Wildman–Crippen MR) is 82.5 cm³/mol. The molecule has 0 spiro atoms. The average Bonchev–Trinajstić information content (AvgIpc) is 2.94. The molecule has 130 valence electrons. The lowest BCUT2D eigenvalue weighted by Crippen LogP contribution is -2.69. The summed E-state index contributed by atoms with van der Waals surface area (Å²) in [6.45, 7) is 1.37. The Kier molecular flexibility index (Phi) is 4.97. The molecular weight excluding hydrogens is 347 g/mol. The molecular formula is C14H14F3N3O3S. The largest absolute Gasteiger partial charge is 0.466 e. The highest BCUT2D eigenvalue weighted by Crippen LogP contribution is 2.35. The number of halogens is 3. The van der Waals surface area contributed by atoms with E-state index in [-0.39, 0.29) is 11.6 Å². The van der Waals surface area contributed by atoms with Crippen LogP contribution >= 0.6 is 11.3 Å². The molecule has 0 saturated carbocycles. The highest BCUT2D eigenvalue weighted by atomic mass is 32.1. The molecule has 0 unspecified atom stereocenters. The molecule has 0 bridgehead atoms. The van der Waals surface area contributed by atoms with E-state index in [0.29, 0.717) is 10.2 Å². The van der Waals surface area contributed by atoms with Crippen molar-refractivity contribution in [2.45, 2.75) is 25.2 Å². The van der Waals surface area contributed by atoms with Crippen molar-refractivity contribution < 1.29 is 27.5 Å². The molecule has 2 aromatic rings. The van der Waals surface area contributed by atoms with Crippen molar-refractivity contribution in [1.82, 2.24) is 10.3 Å². The molecule has 24 heavy (non-hydrogen) atoms. The van der Waals surface area contributed by atoms with Gasteiger partial charge < -0.3 is 15.4 Å². The maximum atomic E-state index is 13.6. The van der Waals surface area contributed by atoms with Crippen LogP contribution in [0.5, 0.6) is 0 Å². The van der Waals surface area contributed by atoms with Gasteiger partial charge in [-0.3, -0.25) is 4.79 Å². The minimum atomic E-state index is -5.15. The minimum absolute atomic E-state index is 0.171. The molecule has 1 aromatic heterocycles. The van der Waals surface area contributed by atoms with Crippen LogP contribution in [0.25, 0.3) is 10.2 Å². The van der Waals surface area contributed by atoms with Gasteiger partial charge in [-0.25, -0.2) is 9.78 Å². The van der Waals surface area contributed by atoms with Gasteiger partial charge in [0, 0.05) is 6.42 Å². The third-order valence-electron chi connectivity index (χ3n) is 3.15. The zero-order valence-electron chi connectivity index (χ0n) is 12.7. The summed E-state index contributed by atoms with van der Waals surface area (Å²) in [6, 6.07) is 6.69. The maximum absolute atomic E-state index is 13.6. The normalized spacial score (nSPS) is 14.0. The van der Waals surface area contributed by atoms with Crippen molar-refractivity contribution in [3.05, 3.63) is 24.3 Å². The molecule has 1 atom stereocenters. The van der Waals surface area contributed by atoms with Gasteiger partial charge >= 0.3 is 17.8 Å². The number of alkyl halides is 3. The Bertz CT molecular complexity index is 729. The molecule has 1 amide bonds. The third-order valence-corrected chi connectivity index (χ3v) is 4.10. The first-order chi connectivity index (χ1) is 11.2. The van der Waals surface area contributed by atoms with Gasteiger partial charge in [0.25, 0.3) is 0 Å². The smallest absolute Gasteiger partial charge is 0.442 e. The van der Waals surface area contributed by atoms with Gasteiger partial charge in [-0.1, -0.05) is 30.4 Å². The molecule has 0 radical (unpaired) electrons. The number of thiazole rings is 1. The summed E-state index contributed by atoms with van der Waals surface area (Å²) < 4.78 is 45.9. The van der Waals surface area contributed by atoms with E-state index >= 15 is 0 Å². The van der Waals surface area contributed by atoms with E-state index < -0.39 is 23.7 Å². The van der Waals surface area contributed by atoms with Crippen molar-refractivity contribution in [2.75, 3.05) is 12.4 Å². The fourth-order valence-corrected chi connectivity index (χ4v) is 2.85. The van der Waals surface area contributed by atoms with Crippen LogP contribution in [0.15, 0.2) is 24.3 Å². The number of carbonyl (C=O) groups excluding carboxylic acids is 2. The highest BCUT2D eigenvalue weighted by molar-refractivity contribution is 7.22. The zero-order valence-corrected chi connectivity index (χ0v) is 13.5. The summed E-state index contributed by atoms with van der Waals surface area (Å²) in [5, 5.41) is 3.52. The number of esters is 1. The first kappa shape index (κ1) is 18.0. The second kappa shape index (κ2) is 6.63. The Morgan fingerprint density at radius 3 is 2.50 bits per heavy atom. The van der Waals surface area contributed by atoms with Gasteiger partial charge in [-0.05, 0) is 12.1 Å². The number of para-hydroxylation sites is 1. The van der Waals surface area contributed by atoms with Crippen LogP contribution in [0.4, 0.5) is 18.3 Å². The summed E-state index contributed by atoms with van der Waals surface area (Å²) in [4.78, 5) is 27.5. The van der Waals surface area contributed by atoms with Crippen LogP contribution in [0.3, 0.4) is 0 Å². The van der Waals surface area contributed by atoms with Crippen LogP contribution < -0.4 is 10.6 Å². The Hall–Kier alpha value is -2.36. The number of ether oxygens (including phenoxy) is 1. The Morgan fingerprint density at radius 1 is 1.29 bits per heavy atom. The van der Waals surface area contributed by atoms with E-state index in [1.807, 2.05) is 5.32 Å². The van der Waals surface area contributed by atoms with Crippen molar-refractivity contribution in [3.63, 3.8) is 0 Å². The van der Waals surface area contributed by atoms with E-state index in [1.165, 1.54) is 6.92 Å². The number of hydrogen-bond acceptors (Lipinski definition) is 6. The van der Waals surface area contributed by atoms with Crippen LogP contribution in [-0.2, 0) is 14.3 Å². The number of nitrogens with one attached hydrogen (secondary N) is 2. The Balaban J connectivity index is 2.50. The van der Waals surface area contributed by atoms with Crippen LogP contribution in [-0.4, -0.2) is 35.8 Å². The van der Waals surface area contributed by atoms with Gasteiger partial charge in [-0.2, -0.15) is 13.2 Å². The molecule has 6 nitrogen and oxygen atoms in total. The van der Waals surface area contributed by atoms with Crippen molar-refractivity contribution in [2.24, 2.45) is 0 Å². The number of carbonyl (C=O) groups is 2. The predicted octanol–water partition coefficient (Wildman–Crippen LogP) is 2.67. The summed E-state index contributed by atoms with van der Waals surface area (Å²) in [5.41, 5.74) is -2.95. The van der Waals surface area contributed by atoms with Gasteiger partial charge in [0.05, 0.1) is 17.3 Å². The van der Waals surface area contributed by atoms with Crippen molar-refractivity contribution in [3.8, 4) is 0 Å². The second-order valence-corrected chi connectivity index (χ2v) is 5.78. The molecule has 1 aromatic carbocycles. The second-order valence-electron chi connectivity index (χ2n) is 4.75. The summed E-state index contributed by atoms with van der Waals surface area (Å²) in [5.74, 6) is -2.65. The molecule has 2 rings (SSSR count). The first-order valence-corrected chi connectivity index (χ1v) is 7.65. The zero-order chi connectivity index (χ0) is 18.0. The van der Waals surface area contributed by atoms with Gasteiger partial charge in [-0.15, -0.1) is 0 Å². The van der Waals surface area contributed by atoms with E-state index in [4.69, 9.17) is 0 Å². The van der Waals surface area contributed by atoms with Gasteiger partial charge in [0.1, 0.15) is 0 Å². The fraction of sp³-hybridized carbons (Fsp3) is 0.357. The quantitative estimate of drug-likeness (QED) is 0.632. The molecule has 0 fully saturated rings. The number of methoxy groups -OCH3 is 1. The number of aromatic nitrogens is 1. The number of nitrogens with zero attached hydrogens (tertiary/aromatic N) is 1. The van der Waals surface area contributed by atoms with Crippen LogP contribution in [0.2, 0.25) is 0 Å². The molecule has 2 N–H and O–H groups in total. The van der Waals surface area contributed by atoms with Crippen molar-refractivity contribution >= 4 is 38.6 Å². The molecule has 0 aliphatic rings. The van der Waals surface area contributed by atoms with Crippen molar-refractivity contribution in [1.29, 1.82) is 0 Å². The number of benzene rings is 1. The number of rotatable bonds is 5. The molecule has 0 aliphatic carbocycles. The molecule has 1 heterocycles. The van der Waals surface area contributed by atoms with E-state index in [1.54, 1.807) is 29.6 Å². The van der Waals surface area contributed by atoms with E-state index in [9.17, 15) is 22.8 Å². The number of amides is 1. The highest BCUT2D eigenvalue weighted by Gasteiger charge is 2.63. The van der Waals surface area contributed by atoms with E-state index in [2.05, 4.69) is 9.72 Å². The standard InChI is InChI=1S/C14H14F3N3O3S/c1-3-10(21)19-13(11(22)23-2,14(15,16)17)20-12-18-8-6-4-5-7-9(8)24-12/h4-7H,3H2,1-2H3,(H,18,20)(H,19,21)/t13-/m0/s1. The minimum Gasteiger partial charge on any atom is -0.466 e. The third kappa shape index (κ3) is 3.28. The lowest BCUT2D eigenvalue weighted by atomic mass is 10.1. The van der Waals surface area contributed by atoms with Crippen LogP contribution in [0, 0.1) is 0 Å². The summed E-state index contributed by atoms with van der Waals surface area (Å²) in [6.07, 6.45) is -5.39. The number of fused-ring (bicyclic) bond motifs is 1. The Labute approximate surface area is 139 Å². The molecule has 0 saturated heterocycles. The van der Waals surface area contributed by atoms with Gasteiger partial charge in [0.15, 0.2) is 5.13 Å². The van der Waals surface area contributed by atoms with E-state index in [0.717, 1.165) is 18.4 Å². The monoisotopic (exact) mass is 361 g/mol. The maximum Gasteiger partial charge on any atom is 0.442 e. The van der Waals surface area contributed by atoms with Crippen LogP contribution in [0.1, 0.15) is 13.3 Å². The number of anilines is 1. The summed E-state index contributed by atoms with van der Waals surface area (Å²) >= 11 is 0.922.